The largest absolute Gasteiger partial charge is 0.352 e. The Bertz CT molecular complexity index is 376. The van der Waals surface area contributed by atoms with E-state index >= 15 is 0 Å². The predicted octanol–water partition coefficient (Wildman–Crippen LogP) is 2.24. The minimum atomic E-state index is -3.22. The van der Waals surface area contributed by atoms with Crippen LogP contribution in [-0.2, 0) is 13.6 Å². The Kier molecular flexibility index (Phi) is 5.31. The second-order valence-corrected chi connectivity index (χ2v) is 6.07. The van der Waals surface area contributed by atoms with E-state index in [9.17, 15) is 4.57 Å². The maximum Gasteiger partial charge on any atom is 0.352 e. The van der Waals surface area contributed by atoms with Gasteiger partial charge >= 0.3 is 7.60 Å². The molecular formula is C11H19N2O3P. The maximum absolute atomic E-state index is 12.5. The van der Waals surface area contributed by atoms with E-state index in [1.165, 1.54) is 14.2 Å². The van der Waals surface area contributed by atoms with Gasteiger partial charge in [0.1, 0.15) is 5.78 Å². The van der Waals surface area contributed by atoms with Gasteiger partial charge in [0.15, 0.2) is 0 Å². The molecule has 0 spiro atoms. The number of hydrogen-bond acceptors (Lipinski definition) is 5. The molecule has 96 valence electrons. The van der Waals surface area contributed by atoms with E-state index in [0.717, 1.165) is 5.56 Å². The molecule has 1 N–H and O–H groups in total. The van der Waals surface area contributed by atoms with Gasteiger partial charge in [0.2, 0.25) is 0 Å². The van der Waals surface area contributed by atoms with Gasteiger partial charge in [-0.2, -0.15) is 0 Å². The van der Waals surface area contributed by atoms with Crippen molar-refractivity contribution in [3.05, 3.63) is 35.9 Å². The number of benzene rings is 1. The van der Waals surface area contributed by atoms with Crippen LogP contribution in [0, 0.1) is 0 Å². The van der Waals surface area contributed by atoms with Gasteiger partial charge in [-0.1, -0.05) is 30.3 Å². The Morgan fingerprint density at radius 2 is 1.71 bits per heavy atom. The molecule has 0 saturated heterocycles. The third kappa shape index (κ3) is 3.63. The van der Waals surface area contributed by atoms with Gasteiger partial charge in [-0.25, -0.2) is 10.4 Å². The van der Waals surface area contributed by atoms with E-state index in [1.54, 1.807) is 5.01 Å². The summed E-state index contributed by atoms with van der Waals surface area (Å²) in [5.41, 5.74) is 3.91. The van der Waals surface area contributed by atoms with Crippen LogP contribution in [0.25, 0.3) is 0 Å². The van der Waals surface area contributed by atoms with Crippen molar-refractivity contribution < 1.29 is 13.6 Å². The SMILES string of the molecule is COP(=O)(OC)C(NN(C)C)c1ccccc1. The molecule has 1 atom stereocenters. The van der Waals surface area contributed by atoms with Crippen LogP contribution in [0.5, 0.6) is 0 Å². The van der Waals surface area contributed by atoms with Gasteiger partial charge in [0.05, 0.1) is 0 Å². The van der Waals surface area contributed by atoms with Crippen molar-refractivity contribution >= 4 is 7.60 Å². The average molecular weight is 258 g/mol. The first kappa shape index (κ1) is 14.4. The third-order valence-electron chi connectivity index (χ3n) is 2.32. The first-order valence-electron chi connectivity index (χ1n) is 5.23. The zero-order valence-electron chi connectivity index (χ0n) is 10.6. The van der Waals surface area contributed by atoms with Gasteiger partial charge in [0.25, 0.3) is 0 Å². The normalized spacial score (nSPS) is 13.9. The second kappa shape index (κ2) is 6.28. The molecule has 6 heteroatoms. The summed E-state index contributed by atoms with van der Waals surface area (Å²) < 4.78 is 22.6. The van der Waals surface area contributed by atoms with Crippen molar-refractivity contribution in [2.75, 3.05) is 28.3 Å². The first-order chi connectivity index (χ1) is 8.03. The smallest absolute Gasteiger partial charge is 0.311 e. The second-order valence-electron chi connectivity index (χ2n) is 3.74. The highest BCUT2D eigenvalue weighted by atomic mass is 31.2. The Morgan fingerprint density at radius 1 is 1.18 bits per heavy atom. The van der Waals surface area contributed by atoms with Gasteiger partial charge in [-0.05, 0) is 5.56 Å². The summed E-state index contributed by atoms with van der Waals surface area (Å²) in [7, 11) is 3.20. The fourth-order valence-electron chi connectivity index (χ4n) is 1.49. The number of hydrogen-bond donors (Lipinski definition) is 1. The van der Waals surface area contributed by atoms with Crippen molar-refractivity contribution in [3.63, 3.8) is 0 Å². The molecule has 0 bridgehead atoms. The van der Waals surface area contributed by atoms with Crippen LogP contribution in [0.3, 0.4) is 0 Å². The number of hydrazine groups is 1. The highest BCUT2D eigenvalue weighted by Crippen LogP contribution is 2.58. The number of rotatable bonds is 6. The summed E-state index contributed by atoms with van der Waals surface area (Å²) in [6, 6.07) is 9.43. The molecule has 17 heavy (non-hydrogen) atoms. The van der Waals surface area contributed by atoms with Gasteiger partial charge in [-0.3, -0.25) is 4.57 Å². The Morgan fingerprint density at radius 3 is 2.12 bits per heavy atom. The summed E-state index contributed by atoms with van der Waals surface area (Å²) >= 11 is 0. The van der Waals surface area contributed by atoms with Crippen LogP contribution in [0.4, 0.5) is 0 Å². The van der Waals surface area contributed by atoms with Crippen molar-refractivity contribution in [3.8, 4) is 0 Å². The topological polar surface area (TPSA) is 50.8 Å². The molecule has 0 aliphatic carbocycles. The molecule has 5 nitrogen and oxygen atoms in total. The predicted molar refractivity (Wildman–Crippen MR) is 67.6 cm³/mol. The molecule has 0 fully saturated rings. The summed E-state index contributed by atoms with van der Waals surface area (Å²) in [5.74, 6) is -0.520. The number of nitrogens with one attached hydrogen (secondary N) is 1. The molecule has 0 aliphatic heterocycles. The van der Waals surface area contributed by atoms with Gasteiger partial charge in [0, 0.05) is 28.3 Å². The van der Waals surface area contributed by atoms with E-state index < -0.39 is 13.4 Å². The molecule has 1 aromatic carbocycles. The first-order valence-corrected chi connectivity index (χ1v) is 6.84. The minimum Gasteiger partial charge on any atom is -0.311 e. The lowest BCUT2D eigenvalue weighted by Gasteiger charge is -2.28. The monoisotopic (exact) mass is 258 g/mol. The quantitative estimate of drug-likeness (QED) is 0.626. The van der Waals surface area contributed by atoms with E-state index in [4.69, 9.17) is 9.05 Å². The lowest BCUT2D eigenvalue weighted by molar-refractivity contribution is 0.217. The Labute approximate surface area is 102 Å². The number of nitrogens with zero attached hydrogens (tertiary/aromatic N) is 1. The molecule has 0 aromatic heterocycles. The lowest BCUT2D eigenvalue weighted by Crippen LogP contribution is -2.34. The Hall–Kier alpha value is -0.710. The van der Waals surface area contributed by atoms with Gasteiger partial charge in [-0.15, -0.1) is 0 Å². The highest BCUT2D eigenvalue weighted by molar-refractivity contribution is 7.54. The molecule has 0 aliphatic rings. The standard InChI is InChI=1S/C11H19N2O3P/c1-13(2)12-11(17(14,15-3)16-4)10-8-6-5-7-9-10/h5-9,11-12H,1-4H3. The van der Waals surface area contributed by atoms with Crippen molar-refractivity contribution in [1.29, 1.82) is 0 Å². The third-order valence-corrected chi connectivity index (χ3v) is 4.38. The zero-order valence-corrected chi connectivity index (χ0v) is 11.5. The average Bonchev–Trinajstić information content (AvgIpc) is 2.36. The van der Waals surface area contributed by atoms with Crippen molar-refractivity contribution in [2.45, 2.75) is 5.78 Å². The fourth-order valence-corrected chi connectivity index (χ4v) is 2.97. The van der Waals surface area contributed by atoms with Crippen LogP contribution in [0.15, 0.2) is 30.3 Å². The summed E-state index contributed by atoms with van der Waals surface area (Å²) in [6.07, 6.45) is 0. The van der Waals surface area contributed by atoms with E-state index in [1.807, 2.05) is 44.4 Å². The molecule has 0 saturated carbocycles. The summed E-state index contributed by atoms with van der Waals surface area (Å²) in [4.78, 5) is 0. The van der Waals surface area contributed by atoms with Crippen LogP contribution in [0.2, 0.25) is 0 Å². The van der Waals surface area contributed by atoms with Crippen LogP contribution in [-0.4, -0.2) is 33.3 Å². The summed E-state index contributed by atoms with van der Waals surface area (Å²) in [6.45, 7) is 0. The van der Waals surface area contributed by atoms with E-state index in [0.29, 0.717) is 0 Å². The maximum atomic E-state index is 12.5. The minimum absolute atomic E-state index is 0.520. The molecule has 1 aromatic rings. The fraction of sp³-hybridized carbons (Fsp3) is 0.455. The molecule has 1 rings (SSSR count). The van der Waals surface area contributed by atoms with E-state index in [-0.39, 0.29) is 0 Å². The van der Waals surface area contributed by atoms with Crippen LogP contribution >= 0.6 is 7.60 Å². The molecule has 1 unspecified atom stereocenters. The van der Waals surface area contributed by atoms with Crippen LogP contribution in [0.1, 0.15) is 11.3 Å². The molecular weight excluding hydrogens is 239 g/mol. The highest BCUT2D eigenvalue weighted by Gasteiger charge is 2.35. The van der Waals surface area contributed by atoms with Crippen molar-refractivity contribution in [1.82, 2.24) is 10.4 Å². The lowest BCUT2D eigenvalue weighted by atomic mass is 10.2. The molecule has 0 radical (unpaired) electrons. The summed E-state index contributed by atoms with van der Waals surface area (Å²) in [5, 5.41) is 1.72. The van der Waals surface area contributed by atoms with E-state index in [2.05, 4.69) is 5.43 Å². The molecule has 0 heterocycles. The Balaban J connectivity index is 3.08. The van der Waals surface area contributed by atoms with Crippen molar-refractivity contribution in [2.24, 2.45) is 0 Å². The van der Waals surface area contributed by atoms with Crippen LogP contribution < -0.4 is 5.43 Å². The zero-order chi connectivity index (χ0) is 12.9. The van der Waals surface area contributed by atoms with Gasteiger partial charge < -0.3 is 9.05 Å². The molecule has 0 amide bonds.